The summed E-state index contributed by atoms with van der Waals surface area (Å²) in [4.78, 5) is 11.1. The summed E-state index contributed by atoms with van der Waals surface area (Å²) in [6, 6.07) is 4.99. The van der Waals surface area contributed by atoms with Gasteiger partial charge in [0.15, 0.2) is 5.96 Å². The van der Waals surface area contributed by atoms with Crippen LogP contribution in [-0.2, 0) is 6.54 Å². The topological polar surface area (TPSA) is 61.8 Å². The zero-order valence-electron chi connectivity index (χ0n) is 16.8. The highest BCUT2D eigenvalue weighted by molar-refractivity contribution is 5.79. The van der Waals surface area contributed by atoms with Crippen molar-refractivity contribution in [3.05, 3.63) is 23.9 Å². The Labute approximate surface area is 153 Å². The van der Waals surface area contributed by atoms with Crippen molar-refractivity contribution in [3.8, 4) is 5.88 Å². The molecular formula is C19H35N5O. The summed E-state index contributed by atoms with van der Waals surface area (Å²) in [5.41, 5.74) is 1.09. The Kier molecular flexibility index (Phi) is 9.27. The van der Waals surface area contributed by atoms with Crippen LogP contribution < -0.4 is 15.4 Å². The minimum Gasteiger partial charge on any atom is -0.475 e. The number of rotatable bonds is 9. The molecule has 0 spiro atoms. The van der Waals surface area contributed by atoms with Gasteiger partial charge in [-0.05, 0) is 47.1 Å². The Hall–Kier alpha value is -1.82. The van der Waals surface area contributed by atoms with Crippen molar-refractivity contribution in [2.24, 2.45) is 4.99 Å². The fraction of sp³-hybridized carbons (Fsp3) is 0.684. The number of aromatic nitrogens is 1. The van der Waals surface area contributed by atoms with Gasteiger partial charge >= 0.3 is 0 Å². The van der Waals surface area contributed by atoms with Crippen LogP contribution in [-0.4, -0.2) is 54.2 Å². The van der Waals surface area contributed by atoms with Crippen molar-refractivity contribution in [1.29, 1.82) is 0 Å². The van der Waals surface area contributed by atoms with Crippen LogP contribution in [0.5, 0.6) is 5.88 Å². The molecule has 0 fully saturated rings. The van der Waals surface area contributed by atoms with Crippen LogP contribution in [0.4, 0.5) is 0 Å². The van der Waals surface area contributed by atoms with Gasteiger partial charge in [0.2, 0.25) is 5.88 Å². The maximum atomic E-state index is 5.56. The van der Waals surface area contributed by atoms with Crippen molar-refractivity contribution in [3.63, 3.8) is 0 Å². The second kappa shape index (κ2) is 10.9. The predicted molar refractivity (Wildman–Crippen MR) is 105 cm³/mol. The van der Waals surface area contributed by atoms with Gasteiger partial charge in [-0.1, -0.05) is 6.07 Å². The van der Waals surface area contributed by atoms with Crippen molar-refractivity contribution >= 4 is 5.96 Å². The Morgan fingerprint density at radius 1 is 1.12 bits per heavy atom. The molecule has 0 aliphatic heterocycles. The molecule has 0 saturated heterocycles. The van der Waals surface area contributed by atoms with Crippen LogP contribution in [0.25, 0.3) is 0 Å². The Morgan fingerprint density at radius 2 is 1.80 bits per heavy atom. The van der Waals surface area contributed by atoms with Crippen LogP contribution in [0.15, 0.2) is 23.3 Å². The van der Waals surface area contributed by atoms with E-state index in [0.29, 0.717) is 24.5 Å². The zero-order chi connectivity index (χ0) is 18.8. The largest absolute Gasteiger partial charge is 0.475 e. The van der Waals surface area contributed by atoms with Crippen molar-refractivity contribution in [2.45, 2.75) is 66.3 Å². The number of hydrogen-bond acceptors (Lipinski definition) is 4. The molecule has 0 radical (unpaired) electrons. The maximum absolute atomic E-state index is 5.56. The summed E-state index contributed by atoms with van der Waals surface area (Å²) in [5, 5.41) is 6.69. The quantitative estimate of drug-likeness (QED) is 0.530. The molecule has 6 nitrogen and oxygen atoms in total. The molecule has 6 heteroatoms. The van der Waals surface area contributed by atoms with Crippen molar-refractivity contribution in [1.82, 2.24) is 20.5 Å². The highest BCUT2D eigenvalue weighted by Crippen LogP contribution is 2.09. The molecule has 1 heterocycles. The fourth-order valence-corrected chi connectivity index (χ4v) is 2.65. The molecule has 1 aromatic rings. The molecule has 0 unspecified atom stereocenters. The van der Waals surface area contributed by atoms with Gasteiger partial charge in [-0.3, -0.25) is 9.89 Å². The molecule has 25 heavy (non-hydrogen) atoms. The number of nitrogens with one attached hydrogen (secondary N) is 2. The van der Waals surface area contributed by atoms with Crippen LogP contribution in [0.3, 0.4) is 0 Å². The van der Waals surface area contributed by atoms with Gasteiger partial charge in [0.25, 0.3) is 0 Å². The second-order valence-corrected chi connectivity index (χ2v) is 6.95. The molecule has 0 aliphatic rings. The Bertz CT molecular complexity index is 503. The van der Waals surface area contributed by atoms with Crippen LogP contribution in [0.1, 0.15) is 47.1 Å². The van der Waals surface area contributed by atoms with E-state index in [4.69, 9.17) is 4.74 Å². The summed E-state index contributed by atoms with van der Waals surface area (Å²) >= 11 is 0. The maximum Gasteiger partial charge on any atom is 0.213 e. The van der Waals surface area contributed by atoms with Crippen LogP contribution in [0.2, 0.25) is 0 Å². The van der Waals surface area contributed by atoms with Crippen molar-refractivity contribution in [2.75, 3.05) is 20.1 Å². The third kappa shape index (κ3) is 8.20. The van der Waals surface area contributed by atoms with E-state index in [9.17, 15) is 0 Å². The number of pyridine rings is 1. The molecule has 0 saturated carbocycles. The van der Waals surface area contributed by atoms with Crippen LogP contribution in [0, 0.1) is 0 Å². The van der Waals surface area contributed by atoms with E-state index < -0.39 is 0 Å². The smallest absolute Gasteiger partial charge is 0.213 e. The van der Waals surface area contributed by atoms with E-state index in [0.717, 1.165) is 24.6 Å². The molecule has 0 aromatic carbocycles. The molecule has 2 N–H and O–H groups in total. The van der Waals surface area contributed by atoms with Gasteiger partial charge in [0.1, 0.15) is 0 Å². The number of guanidine groups is 1. The summed E-state index contributed by atoms with van der Waals surface area (Å²) < 4.78 is 5.56. The van der Waals surface area contributed by atoms with Gasteiger partial charge in [0.05, 0.1) is 6.10 Å². The van der Waals surface area contributed by atoms with Gasteiger partial charge in [-0.15, -0.1) is 0 Å². The molecule has 1 rings (SSSR count). The third-order valence-corrected chi connectivity index (χ3v) is 3.83. The summed E-state index contributed by atoms with van der Waals surface area (Å²) in [5.74, 6) is 1.46. The van der Waals surface area contributed by atoms with Gasteiger partial charge in [-0.25, -0.2) is 4.98 Å². The minimum atomic E-state index is 0.135. The van der Waals surface area contributed by atoms with E-state index in [1.54, 1.807) is 7.05 Å². The molecule has 0 amide bonds. The standard InChI is InChI=1S/C19H35N5O/c1-14(2)24(15(3)4)11-10-21-19(20-7)23-13-17-8-9-18(22-12-17)25-16(5)6/h8-9,12,14-16H,10-11,13H2,1-7H3,(H2,20,21,23). The Morgan fingerprint density at radius 3 is 2.28 bits per heavy atom. The lowest BCUT2D eigenvalue weighted by molar-refractivity contribution is 0.178. The lowest BCUT2D eigenvalue weighted by Crippen LogP contribution is -2.45. The molecular weight excluding hydrogens is 314 g/mol. The number of aliphatic imine (C=N–C) groups is 1. The number of hydrogen-bond donors (Lipinski definition) is 2. The van der Waals surface area contributed by atoms with Gasteiger partial charge < -0.3 is 15.4 Å². The van der Waals surface area contributed by atoms with E-state index in [-0.39, 0.29) is 6.10 Å². The van der Waals surface area contributed by atoms with E-state index >= 15 is 0 Å². The minimum absolute atomic E-state index is 0.135. The summed E-state index contributed by atoms with van der Waals surface area (Å²) in [6.45, 7) is 15.4. The van der Waals surface area contributed by atoms with Gasteiger partial charge in [-0.2, -0.15) is 0 Å². The average molecular weight is 350 g/mol. The van der Waals surface area contributed by atoms with Crippen molar-refractivity contribution < 1.29 is 4.74 Å². The number of ether oxygens (including phenoxy) is 1. The lowest BCUT2D eigenvalue weighted by atomic mass is 10.2. The molecule has 0 atom stereocenters. The lowest BCUT2D eigenvalue weighted by Gasteiger charge is -2.30. The molecule has 0 bridgehead atoms. The number of nitrogens with zero attached hydrogens (tertiary/aromatic N) is 3. The van der Waals surface area contributed by atoms with Crippen LogP contribution >= 0.6 is 0 Å². The fourth-order valence-electron chi connectivity index (χ4n) is 2.65. The zero-order valence-corrected chi connectivity index (χ0v) is 16.8. The highest BCUT2D eigenvalue weighted by atomic mass is 16.5. The summed E-state index contributed by atoms with van der Waals surface area (Å²) in [7, 11) is 1.79. The first kappa shape index (κ1) is 21.2. The molecule has 1 aromatic heterocycles. The highest BCUT2D eigenvalue weighted by Gasteiger charge is 2.12. The molecule has 0 aliphatic carbocycles. The normalized spacial score (nSPS) is 12.4. The third-order valence-electron chi connectivity index (χ3n) is 3.83. The predicted octanol–water partition coefficient (Wildman–Crippen LogP) is 2.65. The van der Waals surface area contributed by atoms with Gasteiger partial charge in [0, 0.05) is 51.0 Å². The van der Waals surface area contributed by atoms with E-state index in [1.807, 2.05) is 32.2 Å². The first-order chi connectivity index (χ1) is 11.8. The molecule has 142 valence electrons. The SMILES string of the molecule is CN=C(NCCN(C(C)C)C(C)C)NCc1ccc(OC(C)C)nc1. The van der Waals surface area contributed by atoms with E-state index in [2.05, 4.69) is 53.2 Å². The first-order valence-corrected chi connectivity index (χ1v) is 9.15. The summed E-state index contributed by atoms with van der Waals surface area (Å²) in [6.07, 6.45) is 1.97. The average Bonchev–Trinajstić information content (AvgIpc) is 2.54. The first-order valence-electron chi connectivity index (χ1n) is 9.15. The monoisotopic (exact) mass is 349 g/mol. The van der Waals surface area contributed by atoms with E-state index in [1.165, 1.54) is 0 Å². The Balaban J connectivity index is 2.41. The second-order valence-electron chi connectivity index (χ2n) is 6.95.